The Balaban J connectivity index is 0.00000240. The van der Waals surface area contributed by atoms with Crippen molar-refractivity contribution in [1.82, 2.24) is 19.6 Å². The number of halogens is 1. The molecule has 0 unspecified atom stereocenters. The highest BCUT2D eigenvalue weighted by molar-refractivity contribution is 5.85. The summed E-state index contributed by atoms with van der Waals surface area (Å²) in [7, 11) is 0. The van der Waals surface area contributed by atoms with E-state index < -0.39 is 0 Å². The molecule has 2 aromatic heterocycles. The summed E-state index contributed by atoms with van der Waals surface area (Å²) in [5, 5.41) is 2.86. The Morgan fingerprint density at radius 1 is 1.17 bits per heavy atom. The lowest BCUT2D eigenvalue weighted by Gasteiger charge is -2.32. The SMILES string of the molecule is CCNC(=O)N1CCC(Oc2ccc(-c3ccn4ccnc4c3C)cc2)CC1.Cl. The number of likely N-dealkylation sites (tertiary alicyclic amines) is 1. The van der Waals surface area contributed by atoms with Gasteiger partial charge in [0.1, 0.15) is 17.5 Å². The highest BCUT2D eigenvalue weighted by Crippen LogP contribution is 2.28. The lowest BCUT2D eigenvalue weighted by Crippen LogP contribution is -2.46. The zero-order valence-corrected chi connectivity index (χ0v) is 17.6. The first-order valence-corrected chi connectivity index (χ1v) is 9.88. The summed E-state index contributed by atoms with van der Waals surface area (Å²) >= 11 is 0. The van der Waals surface area contributed by atoms with Gasteiger partial charge in [-0.25, -0.2) is 9.78 Å². The number of amides is 2. The average molecular weight is 415 g/mol. The van der Waals surface area contributed by atoms with E-state index >= 15 is 0 Å². The van der Waals surface area contributed by atoms with Crippen LogP contribution in [-0.4, -0.2) is 46.1 Å². The molecule has 4 rings (SSSR count). The maximum Gasteiger partial charge on any atom is 0.317 e. The number of ether oxygens (including phenoxy) is 1. The number of pyridine rings is 1. The topological polar surface area (TPSA) is 58.9 Å². The van der Waals surface area contributed by atoms with E-state index in [4.69, 9.17) is 4.74 Å². The van der Waals surface area contributed by atoms with Crippen molar-refractivity contribution in [2.45, 2.75) is 32.8 Å². The van der Waals surface area contributed by atoms with E-state index in [1.807, 2.05) is 46.9 Å². The van der Waals surface area contributed by atoms with Crippen LogP contribution < -0.4 is 10.1 Å². The van der Waals surface area contributed by atoms with Crippen LogP contribution in [0.4, 0.5) is 4.79 Å². The lowest BCUT2D eigenvalue weighted by molar-refractivity contribution is 0.111. The van der Waals surface area contributed by atoms with E-state index in [1.165, 1.54) is 11.1 Å². The number of carbonyl (C=O) groups is 1. The van der Waals surface area contributed by atoms with Crippen molar-refractivity contribution >= 4 is 24.1 Å². The molecule has 0 atom stereocenters. The van der Waals surface area contributed by atoms with E-state index in [0.717, 1.165) is 42.9 Å². The molecule has 3 aromatic rings. The number of aryl methyl sites for hydroxylation is 1. The number of benzene rings is 1. The largest absolute Gasteiger partial charge is 0.490 e. The lowest BCUT2D eigenvalue weighted by atomic mass is 10.0. The summed E-state index contributed by atoms with van der Waals surface area (Å²) < 4.78 is 8.18. The number of hydrogen-bond acceptors (Lipinski definition) is 3. The predicted octanol–water partition coefficient (Wildman–Crippen LogP) is 4.30. The number of nitrogens with one attached hydrogen (secondary N) is 1. The number of urea groups is 1. The number of hydrogen-bond donors (Lipinski definition) is 1. The van der Waals surface area contributed by atoms with Gasteiger partial charge in [0.25, 0.3) is 0 Å². The third-order valence-corrected chi connectivity index (χ3v) is 5.34. The number of rotatable bonds is 4. The predicted molar refractivity (Wildman–Crippen MR) is 117 cm³/mol. The molecular formula is C22H27ClN4O2. The van der Waals surface area contributed by atoms with Gasteiger partial charge >= 0.3 is 6.03 Å². The second kappa shape index (κ2) is 9.18. The minimum atomic E-state index is 0. The summed E-state index contributed by atoms with van der Waals surface area (Å²) in [5.41, 5.74) is 4.48. The molecule has 6 nitrogen and oxygen atoms in total. The molecule has 29 heavy (non-hydrogen) atoms. The Kier molecular flexibility index (Phi) is 6.64. The molecule has 1 saturated heterocycles. The van der Waals surface area contributed by atoms with E-state index in [2.05, 4.69) is 35.4 Å². The highest BCUT2D eigenvalue weighted by Gasteiger charge is 2.23. The fourth-order valence-corrected chi connectivity index (χ4v) is 3.78. The zero-order valence-electron chi connectivity index (χ0n) is 16.8. The summed E-state index contributed by atoms with van der Waals surface area (Å²) in [6, 6.07) is 10.4. The van der Waals surface area contributed by atoms with Crippen molar-refractivity contribution in [3.05, 3.63) is 54.5 Å². The zero-order chi connectivity index (χ0) is 19.5. The maximum absolute atomic E-state index is 11.9. The summed E-state index contributed by atoms with van der Waals surface area (Å²) in [6.45, 7) is 6.17. The van der Waals surface area contributed by atoms with Crippen molar-refractivity contribution < 1.29 is 9.53 Å². The second-order valence-electron chi connectivity index (χ2n) is 7.18. The molecule has 1 N–H and O–H groups in total. The Labute approximate surface area is 177 Å². The van der Waals surface area contributed by atoms with Crippen LogP contribution in [0.1, 0.15) is 25.3 Å². The number of nitrogens with zero attached hydrogens (tertiary/aromatic N) is 3. The molecule has 2 amide bonds. The van der Waals surface area contributed by atoms with Crippen molar-refractivity contribution in [2.75, 3.05) is 19.6 Å². The van der Waals surface area contributed by atoms with Gasteiger partial charge in [0.15, 0.2) is 0 Å². The molecule has 0 spiro atoms. The van der Waals surface area contributed by atoms with Crippen molar-refractivity contribution in [3.63, 3.8) is 0 Å². The Morgan fingerprint density at radius 2 is 1.90 bits per heavy atom. The molecule has 0 radical (unpaired) electrons. The number of carbonyl (C=O) groups excluding carboxylic acids is 1. The van der Waals surface area contributed by atoms with E-state index in [0.29, 0.717) is 6.54 Å². The van der Waals surface area contributed by atoms with E-state index in [-0.39, 0.29) is 24.5 Å². The normalized spacial score (nSPS) is 14.5. The minimum absolute atomic E-state index is 0. The van der Waals surface area contributed by atoms with Gasteiger partial charge in [-0.1, -0.05) is 12.1 Å². The molecule has 154 valence electrons. The van der Waals surface area contributed by atoms with Gasteiger partial charge in [-0.3, -0.25) is 0 Å². The van der Waals surface area contributed by atoms with Crippen LogP contribution in [0.15, 0.2) is 48.9 Å². The molecule has 3 heterocycles. The van der Waals surface area contributed by atoms with Gasteiger partial charge in [0.2, 0.25) is 0 Å². The first-order valence-electron chi connectivity index (χ1n) is 9.88. The summed E-state index contributed by atoms with van der Waals surface area (Å²) in [6.07, 6.45) is 7.68. The molecule has 7 heteroatoms. The summed E-state index contributed by atoms with van der Waals surface area (Å²) in [5.74, 6) is 0.875. The Bertz CT molecular complexity index is 963. The van der Waals surface area contributed by atoms with Gasteiger partial charge < -0.3 is 19.4 Å². The number of piperidine rings is 1. The molecule has 1 aromatic carbocycles. The smallest absolute Gasteiger partial charge is 0.317 e. The van der Waals surface area contributed by atoms with Crippen molar-refractivity contribution in [1.29, 1.82) is 0 Å². The van der Waals surface area contributed by atoms with Crippen LogP contribution >= 0.6 is 12.4 Å². The van der Waals surface area contributed by atoms with Crippen LogP contribution in [0.5, 0.6) is 5.75 Å². The van der Waals surface area contributed by atoms with Crippen LogP contribution in [0.3, 0.4) is 0 Å². The Hall–Kier alpha value is -2.73. The average Bonchev–Trinajstić information content (AvgIpc) is 3.20. The van der Waals surface area contributed by atoms with Crippen LogP contribution in [0.25, 0.3) is 16.8 Å². The minimum Gasteiger partial charge on any atom is -0.490 e. The number of aromatic nitrogens is 2. The summed E-state index contributed by atoms with van der Waals surface area (Å²) in [4.78, 5) is 18.2. The van der Waals surface area contributed by atoms with Gasteiger partial charge in [-0.05, 0) is 43.2 Å². The monoisotopic (exact) mass is 414 g/mol. The highest BCUT2D eigenvalue weighted by atomic mass is 35.5. The van der Waals surface area contributed by atoms with E-state index in [9.17, 15) is 4.79 Å². The molecule has 1 fully saturated rings. The number of imidazole rings is 1. The fraction of sp³-hybridized carbons (Fsp3) is 0.364. The quantitative estimate of drug-likeness (QED) is 0.692. The maximum atomic E-state index is 11.9. The second-order valence-corrected chi connectivity index (χ2v) is 7.18. The van der Waals surface area contributed by atoms with Gasteiger partial charge in [0, 0.05) is 56.6 Å². The Morgan fingerprint density at radius 3 is 2.59 bits per heavy atom. The number of fused-ring (bicyclic) bond motifs is 1. The first-order chi connectivity index (χ1) is 13.7. The standard InChI is InChI=1S/C22H26N4O2.ClH/c1-3-23-22(27)26-12-8-19(9-13-26)28-18-6-4-17(5-7-18)20-10-14-25-15-11-24-21(25)16(20)2;/h4-7,10-11,14-15,19H,3,8-9,12-13H2,1-2H3,(H,23,27);1H. The fourth-order valence-electron chi connectivity index (χ4n) is 3.78. The van der Waals surface area contributed by atoms with Crippen LogP contribution in [0, 0.1) is 6.92 Å². The molecule has 0 bridgehead atoms. The van der Waals surface area contributed by atoms with Crippen LogP contribution in [0.2, 0.25) is 0 Å². The first kappa shape index (κ1) is 21.0. The molecular weight excluding hydrogens is 388 g/mol. The van der Waals surface area contributed by atoms with Gasteiger partial charge in [-0.15, -0.1) is 12.4 Å². The van der Waals surface area contributed by atoms with Crippen LogP contribution in [-0.2, 0) is 0 Å². The van der Waals surface area contributed by atoms with Gasteiger partial charge in [-0.2, -0.15) is 0 Å². The van der Waals surface area contributed by atoms with Gasteiger partial charge in [0.05, 0.1) is 0 Å². The van der Waals surface area contributed by atoms with E-state index in [1.54, 1.807) is 0 Å². The third kappa shape index (κ3) is 4.48. The molecule has 0 aliphatic carbocycles. The molecule has 0 saturated carbocycles. The molecule has 1 aliphatic heterocycles. The molecule has 1 aliphatic rings. The third-order valence-electron chi connectivity index (χ3n) is 5.34. The van der Waals surface area contributed by atoms with Crippen molar-refractivity contribution in [2.24, 2.45) is 0 Å². The van der Waals surface area contributed by atoms with Crippen molar-refractivity contribution in [3.8, 4) is 16.9 Å².